The highest BCUT2D eigenvalue weighted by Gasteiger charge is 2.59. The summed E-state index contributed by atoms with van der Waals surface area (Å²) in [4.78, 5) is 13.3. The third kappa shape index (κ3) is 0.891. The van der Waals surface area contributed by atoms with Crippen LogP contribution in [-0.4, -0.2) is 29.4 Å². The number of hydrogen-bond acceptors (Lipinski definition) is 2. The quantitative estimate of drug-likeness (QED) is 0.614. The molecule has 0 aromatic rings. The molecule has 3 nitrogen and oxygen atoms in total. The van der Waals surface area contributed by atoms with Gasteiger partial charge in [-0.15, -0.1) is 0 Å². The van der Waals surface area contributed by atoms with Crippen LogP contribution in [0, 0.1) is 5.92 Å². The summed E-state index contributed by atoms with van der Waals surface area (Å²) < 4.78 is 0. The number of nitrogens with two attached hydrogens (primary N) is 1. The zero-order valence-electron chi connectivity index (χ0n) is 7.55. The van der Waals surface area contributed by atoms with Gasteiger partial charge in [-0.3, -0.25) is 4.79 Å². The lowest BCUT2D eigenvalue weighted by molar-refractivity contribution is -0.133. The van der Waals surface area contributed by atoms with E-state index >= 15 is 0 Å². The van der Waals surface area contributed by atoms with Crippen molar-refractivity contribution in [2.75, 3.05) is 13.1 Å². The lowest BCUT2D eigenvalue weighted by Crippen LogP contribution is -2.49. The van der Waals surface area contributed by atoms with Gasteiger partial charge in [-0.25, -0.2) is 0 Å². The minimum Gasteiger partial charge on any atom is -0.336 e. The number of piperidine rings is 1. The van der Waals surface area contributed by atoms with Crippen molar-refractivity contribution in [3.63, 3.8) is 0 Å². The Morgan fingerprint density at radius 3 is 3.00 bits per heavy atom. The van der Waals surface area contributed by atoms with Crippen LogP contribution in [-0.2, 0) is 4.79 Å². The molecule has 2 rings (SSSR count). The molecule has 0 radical (unpaired) electrons. The van der Waals surface area contributed by atoms with Crippen molar-refractivity contribution in [2.24, 2.45) is 11.7 Å². The Hall–Kier alpha value is -0.570. The molecule has 1 aliphatic carbocycles. The summed E-state index contributed by atoms with van der Waals surface area (Å²) in [6.07, 6.45) is 3.57. The second kappa shape index (κ2) is 2.46. The first kappa shape index (κ1) is 8.05. The lowest BCUT2D eigenvalue weighted by Gasteiger charge is -2.35. The predicted molar refractivity (Wildman–Crippen MR) is 46.5 cm³/mol. The average Bonchev–Trinajstić information content (AvgIpc) is 2.77. The van der Waals surface area contributed by atoms with Gasteiger partial charge in [0, 0.05) is 20.0 Å². The maximum Gasteiger partial charge on any atom is 0.219 e. The monoisotopic (exact) mass is 168 g/mol. The lowest BCUT2D eigenvalue weighted by atomic mass is 10.0. The number of hydrogen-bond donors (Lipinski definition) is 1. The molecule has 1 aliphatic heterocycles. The second-order valence-electron chi connectivity index (χ2n) is 4.02. The first-order valence-corrected chi connectivity index (χ1v) is 4.69. The van der Waals surface area contributed by atoms with E-state index in [1.165, 1.54) is 6.42 Å². The van der Waals surface area contributed by atoms with E-state index in [0.29, 0.717) is 12.5 Å². The van der Waals surface area contributed by atoms with Gasteiger partial charge in [0.2, 0.25) is 5.91 Å². The van der Waals surface area contributed by atoms with Gasteiger partial charge in [-0.05, 0) is 25.2 Å². The Bertz CT molecular complexity index is 217. The molecule has 0 bridgehead atoms. The third-order valence-corrected chi connectivity index (χ3v) is 3.41. The fourth-order valence-electron chi connectivity index (χ4n) is 2.62. The van der Waals surface area contributed by atoms with E-state index in [2.05, 4.69) is 0 Å². The highest BCUT2D eigenvalue weighted by atomic mass is 16.2. The topological polar surface area (TPSA) is 46.3 Å². The number of rotatable bonds is 1. The van der Waals surface area contributed by atoms with E-state index < -0.39 is 0 Å². The molecule has 1 saturated carbocycles. The van der Waals surface area contributed by atoms with Gasteiger partial charge in [0.25, 0.3) is 0 Å². The maximum absolute atomic E-state index is 11.3. The molecule has 2 aliphatic rings. The van der Waals surface area contributed by atoms with E-state index in [0.717, 1.165) is 19.4 Å². The van der Waals surface area contributed by atoms with Gasteiger partial charge in [-0.2, -0.15) is 0 Å². The highest BCUT2D eigenvalue weighted by molar-refractivity contribution is 5.75. The number of likely N-dealkylation sites (tertiary alicyclic amines) is 1. The molecule has 0 spiro atoms. The van der Waals surface area contributed by atoms with Crippen molar-refractivity contribution in [1.82, 2.24) is 4.90 Å². The van der Waals surface area contributed by atoms with Gasteiger partial charge in [0.05, 0.1) is 5.54 Å². The fourth-order valence-corrected chi connectivity index (χ4v) is 2.62. The van der Waals surface area contributed by atoms with Crippen LogP contribution in [0.5, 0.6) is 0 Å². The van der Waals surface area contributed by atoms with Crippen molar-refractivity contribution in [1.29, 1.82) is 0 Å². The Balaban J connectivity index is 2.16. The summed E-state index contributed by atoms with van der Waals surface area (Å²) in [5.74, 6) is 0.905. The van der Waals surface area contributed by atoms with E-state index in [9.17, 15) is 4.79 Å². The Morgan fingerprint density at radius 2 is 2.50 bits per heavy atom. The highest BCUT2D eigenvalue weighted by Crippen LogP contribution is 2.53. The van der Waals surface area contributed by atoms with Crippen molar-refractivity contribution in [3.05, 3.63) is 0 Å². The van der Waals surface area contributed by atoms with Gasteiger partial charge in [0.1, 0.15) is 0 Å². The van der Waals surface area contributed by atoms with Gasteiger partial charge >= 0.3 is 0 Å². The first-order valence-electron chi connectivity index (χ1n) is 4.69. The Labute approximate surface area is 72.9 Å². The normalized spacial score (nSPS) is 39.2. The van der Waals surface area contributed by atoms with Crippen molar-refractivity contribution in [3.8, 4) is 0 Å². The third-order valence-electron chi connectivity index (χ3n) is 3.41. The minimum atomic E-state index is 0.0874. The van der Waals surface area contributed by atoms with E-state index in [1.54, 1.807) is 6.92 Å². The van der Waals surface area contributed by atoms with Crippen molar-refractivity contribution in [2.45, 2.75) is 31.7 Å². The largest absolute Gasteiger partial charge is 0.336 e. The number of amides is 1. The zero-order valence-corrected chi connectivity index (χ0v) is 7.55. The molecule has 2 atom stereocenters. The van der Waals surface area contributed by atoms with Crippen LogP contribution in [0.1, 0.15) is 26.2 Å². The zero-order chi connectivity index (χ0) is 8.77. The van der Waals surface area contributed by atoms with E-state index in [-0.39, 0.29) is 11.4 Å². The van der Waals surface area contributed by atoms with Gasteiger partial charge < -0.3 is 10.6 Å². The van der Waals surface area contributed by atoms with Crippen LogP contribution >= 0.6 is 0 Å². The molecule has 0 aromatic carbocycles. The van der Waals surface area contributed by atoms with Crippen LogP contribution in [0.3, 0.4) is 0 Å². The second-order valence-corrected chi connectivity index (χ2v) is 4.02. The Kier molecular flexibility index (Phi) is 1.65. The summed E-state index contributed by atoms with van der Waals surface area (Å²) in [6.45, 7) is 3.22. The standard InChI is InChI=1S/C9H16N2O/c1-7(12)11-4-2-3-8-5-9(8,11)6-10/h8H,2-6,10H2,1H3. The van der Waals surface area contributed by atoms with Gasteiger partial charge in [-0.1, -0.05) is 0 Å². The molecule has 1 amide bonds. The summed E-state index contributed by atoms with van der Waals surface area (Å²) in [5, 5.41) is 0. The predicted octanol–water partition coefficient (Wildman–Crippen LogP) is 0.346. The van der Waals surface area contributed by atoms with Crippen LogP contribution in [0.15, 0.2) is 0 Å². The van der Waals surface area contributed by atoms with Crippen molar-refractivity contribution < 1.29 is 4.79 Å². The maximum atomic E-state index is 11.3. The SMILES string of the molecule is CC(=O)N1CCCC2CC21CN. The molecule has 68 valence electrons. The average molecular weight is 168 g/mol. The summed E-state index contributed by atoms with van der Waals surface area (Å²) >= 11 is 0. The smallest absolute Gasteiger partial charge is 0.219 e. The molecular formula is C9H16N2O. The molecule has 1 saturated heterocycles. The van der Waals surface area contributed by atoms with Crippen LogP contribution in [0.4, 0.5) is 0 Å². The summed E-state index contributed by atoms with van der Waals surface area (Å²) in [5.41, 5.74) is 5.80. The number of carbonyl (C=O) groups is 1. The summed E-state index contributed by atoms with van der Waals surface area (Å²) in [7, 11) is 0. The number of nitrogens with zero attached hydrogens (tertiary/aromatic N) is 1. The minimum absolute atomic E-state index is 0.0874. The molecule has 2 N–H and O–H groups in total. The Morgan fingerprint density at radius 1 is 1.75 bits per heavy atom. The van der Waals surface area contributed by atoms with Gasteiger partial charge in [0.15, 0.2) is 0 Å². The molecular weight excluding hydrogens is 152 g/mol. The molecule has 2 unspecified atom stereocenters. The summed E-state index contributed by atoms with van der Waals surface area (Å²) in [6, 6.07) is 0. The molecule has 2 fully saturated rings. The van der Waals surface area contributed by atoms with E-state index in [4.69, 9.17) is 5.73 Å². The fraction of sp³-hybridized carbons (Fsp3) is 0.889. The molecule has 0 aromatic heterocycles. The first-order chi connectivity index (χ1) is 5.70. The van der Waals surface area contributed by atoms with Crippen molar-refractivity contribution >= 4 is 5.91 Å². The van der Waals surface area contributed by atoms with E-state index in [1.807, 2.05) is 4.90 Å². The van der Waals surface area contributed by atoms with Crippen LogP contribution < -0.4 is 5.73 Å². The number of carbonyl (C=O) groups excluding carboxylic acids is 1. The molecule has 3 heteroatoms. The van der Waals surface area contributed by atoms with Crippen LogP contribution in [0.2, 0.25) is 0 Å². The molecule has 12 heavy (non-hydrogen) atoms. The molecule has 1 heterocycles. The number of fused-ring (bicyclic) bond motifs is 1. The van der Waals surface area contributed by atoms with Crippen LogP contribution in [0.25, 0.3) is 0 Å².